The van der Waals surface area contributed by atoms with Crippen LogP contribution in [0.1, 0.15) is 23.8 Å². The molecular formula is C11H13N3O5S. The number of carboxylic acid groups (broad SMARTS) is 1. The van der Waals surface area contributed by atoms with Gasteiger partial charge in [-0.25, -0.2) is 9.59 Å². The van der Waals surface area contributed by atoms with Gasteiger partial charge in [-0.05, 0) is 6.42 Å². The number of carbonyl (C=O) groups excluding carboxylic acids is 1. The van der Waals surface area contributed by atoms with Crippen molar-refractivity contribution in [1.82, 2.24) is 14.9 Å². The highest BCUT2D eigenvalue weighted by atomic mass is 32.2. The number of hydrogen-bond acceptors (Lipinski definition) is 5. The number of thioether (sulfide) groups is 1. The van der Waals surface area contributed by atoms with E-state index >= 15 is 0 Å². The number of amides is 1. The quantitative estimate of drug-likeness (QED) is 0.687. The number of nitrogens with one attached hydrogen (secondary N) is 2. The first-order valence-corrected chi connectivity index (χ1v) is 6.99. The minimum Gasteiger partial charge on any atom is -0.480 e. The Labute approximate surface area is 117 Å². The Morgan fingerprint density at radius 3 is 2.70 bits per heavy atom. The Kier molecular flexibility index (Phi) is 3.98. The van der Waals surface area contributed by atoms with Gasteiger partial charge in [0.2, 0.25) is 0 Å². The molecule has 0 aliphatic carbocycles. The van der Waals surface area contributed by atoms with Crippen molar-refractivity contribution in [2.75, 3.05) is 5.75 Å². The minimum atomic E-state index is -1.10. The van der Waals surface area contributed by atoms with E-state index in [0.717, 1.165) is 6.07 Å². The van der Waals surface area contributed by atoms with E-state index in [1.165, 1.54) is 16.7 Å². The molecule has 108 valence electrons. The third-order valence-corrected chi connectivity index (χ3v) is 4.41. The van der Waals surface area contributed by atoms with Gasteiger partial charge in [-0.3, -0.25) is 14.6 Å². The van der Waals surface area contributed by atoms with E-state index in [9.17, 15) is 19.2 Å². The van der Waals surface area contributed by atoms with E-state index in [2.05, 4.69) is 4.98 Å². The maximum absolute atomic E-state index is 12.4. The molecule has 20 heavy (non-hydrogen) atoms. The number of H-pyrrole nitrogens is 2. The summed E-state index contributed by atoms with van der Waals surface area (Å²) < 4.78 is 0. The fourth-order valence-corrected chi connectivity index (χ4v) is 3.41. The van der Waals surface area contributed by atoms with Crippen LogP contribution < -0.4 is 11.2 Å². The Balaban J connectivity index is 2.40. The van der Waals surface area contributed by atoms with E-state index in [1.807, 2.05) is 11.9 Å². The van der Waals surface area contributed by atoms with Crippen LogP contribution in [0.15, 0.2) is 15.7 Å². The Hall–Kier alpha value is -2.03. The third kappa shape index (κ3) is 2.62. The highest BCUT2D eigenvalue weighted by Crippen LogP contribution is 2.32. The van der Waals surface area contributed by atoms with Crippen molar-refractivity contribution in [2.24, 2.45) is 0 Å². The maximum Gasteiger partial charge on any atom is 0.327 e. The van der Waals surface area contributed by atoms with Crippen LogP contribution in [0.5, 0.6) is 0 Å². The molecule has 1 aromatic rings. The van der Waals surface area contributed by atoms with E-state index in [1.54, 1.807) is 0 Å². The first kappa shape index (κ1) is 14.4. The summed E-state index contributed by atoms with van der Waals surface area (Å²) in [5.74, 6) is -1.47. The molecule has 1 fully saturated rings. The van der Waals surface area contributed by atoms with Gasteiger partial charge in [-0.1, -0.05) is 6.92 Å². The van der Waals surface area contributed by atoms with Crippen LogP contribution in [0.25, 0.3) is 0 Å². The molecule has 0 aromatic carbocycles. The fourth-order valence-electron chi connectivity index (χ4n) is 2.06. The molecule has 2 unspecified atom stereocenters. The second kappa shape index (κ2) is 5.53. The van der Waals surface area contributed by atoms with Crippen LogP contribution >= 0.6 is 11.8 Å². The van der Waals surface area contributed by atoms with Crippen molar-refractivity contribution in [3.8, 4) is 0 Å². The van der Waals surface area contributed by atoms with Crippen LogP contribution in [-0.2, 0) is 4.79 Å². The van der Waals surface area contributed by atoms with E-state index in [0.29, 0.717) is 6.42 Å². The molecule has 8 nitrogen and oxygen atoms in total. The van der Waals surface area contributed by atoms with Crippen LogP contribution in [-0.4, -0.2) is 49.0 Å². The molecule has 0 spiro atoms. The lowest BCUT2D eigenvalue weighted by Gasteiger charge is -2.26. The Morgan fingerprint density at radius 1 is 1.45 bits per heavy atom. The first-order chi connectivity index (χ1) is 9.43. The number of rotatable bonds is 3. The van der Waals surface area contributed by atoms with Gasteiger partial charge < -0.3 is 15.0 Å². The highest BCUT2D eigenvalue weighted by Gasteiger charge is 2.41. The van der Waals surface area contributed by atoms with Crippen molar-refractivity contribution < 1.29 is 14.7 Å². The van der Waals surface area contributed by atoms with Crippen LogP contribution in [0, 0.1) is 0 Å². The standard InChI is InChI=1S/C11H13N3O5S/c1-2-8-14(6(4-20-8)10(17)18)9(16)5-3-7(15)13-11(19)12-5/h3,6,8H,2,4H2,1H3,(H,17,18)(H2,12,13,15,19). The summed E-state index contributed by atoms with van der Waals surface area (Å²) in [6.07, 6.45) is 0.577. The van der Waals surface area contributed by atoms with Gasteiger partial charge >= 0.3 is 11.7 Å². The zero-order chi connectivity index (χ0) is 14.9. The molecule has 1 aromatic heterocycles. The summed E-state index contributed by atoms with van der Waals surface area (Å²) in [6, 6.07) is -0.00141. The van der Waals surface area contributed by atoms with Gasteiger partial charge in [0.1, 0.15) is 11.7 Å². The molecule has 1 aliphatic heterocycles. The van der Waals surface area contributed by atoms with E-state index < -0.39 is 29.2 Å². The molecular weight excluding hydrogens is 286 g/mol. The average Bonchev–Trinajstić information content (AvgIpc) is 2.80. The summed E-state index contributed by atoms with van der Waals surface area (Å²) in [7, 11) is 0. The Morgan fingerprint density at radius 2 is 2.15 bits per heavy atom. The zero-order valence-electron chi connectivity index (χ0n) is 10.6. The Bertz CT molecular complexity index is 624. The molecule has 0 radical (unpaired) electrons. The van der Waals surface area contributed by atoms with E-state index in [-0.39, 0.29) is 16.8 Å². The first-order valence-electron chi connectivity index (χ1n) is 5.94. The number of aromatic amines is 2. The maximum atomic E-state index is 12.4. The largest absolute Gasteiger partial charge is 0.480 e. The van der Waals surface area contributed by atoms with Crippen molar-refractivity contribution >= 4 is 23.6 Å². The van der Waals surface area contributed by atoms with Crippen molar-refractivity contribution in [1.29, 1.82) is 0 Å². The summed E-state index contributed by atoms with van der Waals surface area (Å²) >= 11 is 1.36. The van der Waals surface area contributed by atoms with Crippen LogP contribution in [0.4, 0.5) is 0 Å². The number of hydrogen-bond donors (Lipinski definition) is 3. The molecule has 1 saturated heterocycles. The number of nitrogens with zero attached hydrogens (tertiary/aromatic N) is 1. The summed E-state index contributed by atoms with van der Waals surface area (Å²) in [5.41, 5.74) is -1.71. The molecule has 9 heteroatoms. The van der Waals surface area contributed by atoms with Crippen molar-refractivity contribution in [3.63, 3.8) is 0 Å². The molecule has 3 N–H and O–H groups in total. The fraction of sp³-hybridized carbons (Fsp3) is 0.455. The van der Waals surface area contributed by atoms with Crippen molar-refractivity contribution in [3.05, 3.63) is 32.6 Å². The van der Waals surface area contributed by atoms with Crippen LogP contribution in [0.2, 0.25) is 0 Å². The normalized spacial score (nSPS) is 21.9. The van der Waals surface area contributed by atoms with Gasteiger partial charge in [-0.2, -0.15) is 0 Å². The molecule has 1 aliphatic rings. The molecule has 2 rings (SSSR count). The second-order valence-corrected chi connectivity index (χ2v) is 5.47. The SMILES string of the molecule is CCC1SCC(C(=O)O)N1C(=O)c1cc(=O)[nH]c(=O)[nH]1. The van der Waals surface area contributed by atoms with E-state index in [4.69, 9.17) is 5.11 Å². The van der Waals surface area contributed by atoms with Gasteiger partial charge in [0.15, 0.2) is 0 Å². The summed E-state index contributed by atoms with van der Waals surface area (Å²) in [4.78, 5) is 51.4. The molecule has 1 amide bonds. The summed E-state index contributed by atoms with van der Waals surface area (Å²) in [5, 5.41) is 8.87. The third-order valence-electron chi connectivity index (χ3n) is 2.95. The van der Waals surface area contributed by atoms with Gasteiger partial charge in [0, 0.05) is 11.8 Å². The molecule has 2 atom stereocenters. The summed E-state index contributed by atoms with van der Waals surface area (Å²) in [6.45, 7) is 1.84. The highest BCUT2D eigenvalue weighted by molar-refractivity contribution is 8.00. The predicted octanol–water partition coefficient (Wildman–Crippen LogP) is -0.558. The van der Waals surface area contributed by atoms with Crippen LogP contribution in [0.3, 0.4) is 0 Å². The van der Waals surface area contributed by atoms with Gasteiger partial charge in [0.05, 0.1) is 5.37 Å². The minimum absolute atomic E-state index is 0.203. The van der Waals surface area contributed by atoms with Gasteiger partial charge in [-0.15, -0.1) is 11.8 Å². The number of aliphatic carboxylic acids is 1. The monoisotopic (exact) mass is 299 g/mol. The smallest absolute Gasteiger partial charge is 0.327 e. The lowest BCUT2D eigenvalue weighted by atomic mass is 10.2. The zero-order valence-corrected chi connectivity index (χ0v) is 11.4. The lowest BCUT2D eigenvalue weighted by molar-refractivity contribution is -0.141. The number of carbonyl (C=O) groups is 2. The molecule has 2 heterocycles. The average molecular weight is 299 g/mol. The second-order valence-electron chi connectivity index (χ2n) is 4.26. The molecule has 0 bridgehead atoms. The predicted molar refractivity (Wildman–Crippen MR) is 71.8 cm³/mol. The topological polar surface area (TPSA) is 123 Å². The van der Waals surface area contributed by atoms with Gasteiger partial charge in [0.25, 0.3) is 11.5 Å². The number of carboxylic acids is 1. The number of aromatic nitrogens is 2. The molecule has 0 saturated carbocycles. The lowest BCUT2D eigenvalue weighted by Crippen LogP contribution is -2.46. The van der Waals surface area contributed by atoms with Crippen molar-refractivity contribution in [2.45, 2.75) is 24.8 Å².